The van der Waals surface area contributed by atoms with E-state index in [0.29, 0.717) is 0 Å². The first-order valence-electron chi connectivity index (χ1n) is 5.27. The molecule has 2 aromatic heterocycles. The molecule has 0 N–H and O–H groups in total. The van der Waals surface area contributed by atoms with E-state index in [-0.39, 0.29) is 0 Å². The third-order valence-corrected chi connectivity index (χ3v) is 2.01. The fourth-order valence-corrected chi connectivity index (χ4v) is 1.08. The molecule has 0 aromatic carbocycles. The van der Waals surface area contributed by atoms with Crippen LogP contribution >= 0.6 is 0 Å². The Morgan fingerprint density at radius 2 is 1.67 bits per heavy atom. The molecule has 0 unspecified atom stereocenters. The van der Waals surface area contributed by atoms with Crippen LogP contribution in [0.5, 0.6) is 0 Å². The molecule has 0 aliphatic rings. The lowest BCUT2D eigenvalue weighted by atomic mass is 10.3. The molecule has 0 spiro atoms. The largest absolute Gasteiger partial charge is 0.433 e. The SMILES string of the molecule is Cc1ccc(C(F)(F)F)nc1.Cc1ccccn1. The molecule has 0 fully saturated rings. The summed E-state index contributed by atoms with van der Waals surface area (Å²) < 4.78 is 35.6. The van der Waals surface area contributed by atoms with Gasteiger partial charge in [0.1, 0.15) is 5.69 Å². The number of aromatic nitrogens is 2. The predicted octanol–water partition coefficient (Wildman–Crippen LogP) is 3.80. The summed E-state index contributed by atoms with van der Waals surface area (Å²) in [6.45, 7) is 3.66. The molecule has 2 heterocycles. The van der Waals surface area contributed by atoms with Crippen LogP contribution in [-0.4, -0.2) is 9.97 Å². The van der Waals surface area contributed by atoms with E-state index in [1.165, 1.54) is 12.3 Å². The molecule has 0 bridgehead atoms. The molecule has 0 radical (unpaired) electrons. The minimum atomic E-state index is -4.33. The van der Waals surface area contributed by atoms with Crippen molar-refractivity contribution in [3.8, 4) is 0 Å². The van der Waals surface area contributed by atoms with Gasteiger partial charge < -0.3 is 0 Å². The quantitative estimate of drug-likeness (QED) is 0.714. The molecule has 0 aliphatic heterocycles. The van der Waals surface area contributed by atoms with Crippen molar-refractivity contribution in [2.24, 2.45) is 0 Å². The smallest absolute Gasteiger partial charge is 0.262 e. The number of hydrogen-bond acceptors (Lipinski definition) is 2. The van der Waals surface area contributed by atoms with Crippen LogP contribution in [0.3, 0.4) is 0 Å². The van der Waals surface area contributed by atoms with Gasteiger partial charge in [-0.15, -0.1) is 0 Å². The number of hydrogen-bond donors (Lipinski definition) is 0. The second-order valence-corrected chi connectivity index (χ2v) is 3.69. The van der Waals surface area contributed by atoms with Crippen LogP contribution in [0.1, 0.15) is 17.0 Å². The lowest BCUT2D eigenvalue weighted by Crippen LogP contribution is -2.07. The second-order valence-electron chi connectivity index (χ2n) is 3.69. The van der Waals surface area contributed by atoms with Gasteiger partial charge in [0, 0.05) is 18.1 Å². The zero-order valence-corrected chi connectivity index (χ0v) is 10.1. The maximum atomic E-state index is 11.9. The highest BCUT2D eigenvalue weighted by Gasteiger charge is 2.31. The number of alkyl halides is 3. The number of rotatable bonds is 0. The highest BCUT2D eigenvalue weighted by Crippen LogP contribution is 2.26. The van der Waals surface area contributed by atoms with E-state index < -0.39 is 11.9 Å². The average Bonchev–Trinajstić information content (AvgIpc) is 2.30. The molecule has 18 heavy (non-hydrogen) atoms. The Kier molecular flexibility index (Phi) is 4.83. The average molecular weight is 254 g/mol. The minimum absolute atomic E-state index is 0.720. The maximum Gasteiger partial charge on any atom is 0.433 e. The van der Waals surface area contributed by atoms with E-state index in [2.05, 4.69) is 9.97 Å². The lowest BCUT2D eigenvalue weighted by molar-refractivity contribution is -0.141. The van der Waals surface area contributed by atoms with E-state index in [0.717, 1.165) is 17.3 Å². The van der Waals surface area contributed by atoms with E-state index in [1.54, 1.807) is 13.1 Å². The molecule has 0 amide bonds. The number of pyridine rings is 2. The molecule has 0 atom stereocenters. The fourth-order valence-electron chi connectivity index (χ4n) is 1.08. The normalized spacial score (nSPS) is 10.5. The zero-order chi connectivity index (χ0) is 13.6. The van der Waals surface area contributed by atoms with Crippen LogP contribution in [0.15, 0.2) is 42.7 Å². The number of aryl methyl sites for hydroxylation is 2. The Bertz CT molecular complexity index is 464. The minimum Gasteiger partial charge on any atom is -0.262 e. The Morgan fingerprint density at radius 1 is 0.944 bits per heavy atom. The van der Waals surface area contributed by atoms with Crippen LogP contribution in [0, 0.1) is 13.8 Å². The highest BCUT2D eigenvalue weighted by atomic mass is 19.4. The van der Waals surface area contributed by atoms with E-state index in [4.69, 9.17) is 0 Å². The van der Waals surface area contributed by atoms with Crippen molar-refractivity contribution in [1.29, 1.82) is 0 Å². The van der Waals surface area contributed by atoms with Crippen LogP contribution < -0.4 is 0 Å². The van der Waals surface area contributed by atoms with Crippen LogP contribution in [-0.2, 0) is 6.18 Å². The Morgan fingerprint density at radius 3 is 2.00 bits per heavy atom. The predicted molar refractivity (Wildman–Crippen MR) is 63.0 cm³/mol. The number of nitrogens with zero attached hydrogens (tertiary/aromatic N) is 2. The van der Waals surface area contributed by atoms with Gasteiger partial charge in [0.05, 0.1) is 0 Å². The van der Waals surface area contributed by atoms with Crippen LogP contribution in [0.25, 0.3) is 0 Å². The van der Waals surface area contributed by atoms with E-state index in [1.807, 2.05) is 25.1 Å². The molecule has 0 saturated heterocycles. The van der Waals surface area contributed by atoms with Crippen molar-refractivity contribution in [3.05, 3.63) is 59.7 Å². The zero-order valence-electron chi connectivity index (χ0n) is 10.1. The fraction of sp³-hybridized carbons (Fsp3) is 0.231. The van der Waals surface area contributed by atoms with Crippen molar-refractivity contribution >= 4 is 0 Å². The topological polar surface area (TPSA) is 25.8 Å². The second kappa shape index (κ2) is 6.14. The lowest BCUT2D eigenvalue weighted by Gasteiger charge is -2.03. The summed E-state index contributed by atoms with van der Waals surface area (Å²) in [5.74, 6) is 0. The summed E-state index contributed by atoms with van der Waals surface area (Å²) in [7, 11) is 0. The molecule has 2 nitrogen and oxygen atoms in total. The molecule has 2 rings (SSSR count). The summed E-state index contributed by atoms with van der Waals surface area (Å²) in [4.78, 5) is 7.20. The third-order valence-electron chi connectivity index (χ3n) is 2.01. The van der Waals surface area contributed by atoms with Gasteiger partial charge in [-0.05, 0) is 37.6 Å². The van der Waals surface area contributed by atoms with Crippen molar-refractivity contribution < 1.29 is 13.2 Å². The Labute approximate surface area is 104 Å². The summed E-state index contributed by atoms with van der Waals surface area (Å²) >= 11 is 0. The number of halogens is 3. The first-order chi connectivity index (χ1) is 8.39. The van der Waals surface area contributed by atoms with E-state index >= 15 is 0 Å². The highest BCUT2D eigenvalue weighted by molar-refractivity contribution is 5.14. The molecular formula is C13H13F3N2. The molecule has 5 heteroatoms. The van der Waals surface area contributed by atoms with Gasteiger partial charge in [-0.1, -0.05) is 12.1 Å². The van der Waals surface area contributed by atoms with Gasteiger partial charge in [0.2, 0.25) is 0 Å². The molecule has 0 saturated carbocycles. The maximum absolute atomic E-state index is 11.9. The van der Waals surface area contributed by atoms with E-state index in [9.17, 15) is 13.2 Å². The monoisotopic (exact) mass is 254 g/mol. The van der Waals surface area contributed by atoms with Crippen molar-refractivity contribution in [3.63, 3.8) is 0 Å². The summed E-state index contributed by atoms with van der Waals surface area (Å²) in [6, 6.07) is 8.21. The summed E-state index contributed by atoms with van der Waals surface area (Å²) in [5, 5.41) is 0. The van der Waals surface area contributed by atoms with Crippen molar-refractivity contribution in [2.75, 3.05) is 0 Å². The van der Waals surface area contributed by atoms with Gasteiger partial charge in [0.25, 0.3) is 0 Å². The molecular weight excluding hydrogens is 241 g/mol. The Balaban J connectivity index is 0.000000199. The standard InChI is InChI=1S/C7H6F3N.C6H7N/c1-5-2-3-6(11-4-5)7(8,9)10;1-6-4-2-3-5-7-6/h2-4H,1H3;2-5H,1H3. The van der Waals surface area contributed by atoms with Crippen LogP contribution in [0.4, 0.5) is 13.2 Å². The molecule has 96 valence electrons. The first kappa shape index (κ1) is 14.2. The summed E-state index contributed by atoms with van der Waals surface area (Å²) in [5.41, 5.74) is 0.948. The third kappa shape index (κ3) is 4.95. The van der Waals surface area contributed by atoms with Crippen molar-refractivity contribution in [1.82, 2.24) is 9.97 Å². The van der Waals surface area contributed by atoms with Gasteiger partial charge >= 0.3 is 6.18 Å². The summed E-state index contributed by atoms with van der Waals surface area (Å²) in [6.07, 6.45) is -1.34. The molecule has 0 aliphatic carbocycles. The first-order valence-corrected chi connectivity index (χ1v) is 5.27. The van der Waals surface area contributed by atoms with Gasteiger partial charge in [-0.25, -0.2) is 0 Å². The van der Waals surface area contributed by atoms with Gasteiger partial charge in [-0.3, -0.25) is 9.97 Å². The Hall–Kier alpha value is -1.91. The van der Waals surface area contributed by atoms with Crippen LogP contribution in [0.2, 0.25) is 0 Å². The molecule has 2 aromatic rings. The van der Waals surface area contributed by atoms with Crippen molar-refractivity contribution in [2.45, 2.75) is 20.0 Å². The van der Waals surface area contributed by atoms with Gasteiger partial charge in [-0.2, -0.15) is 13.2 Å². The van der Waals surface area contributed by atoms with Gasteiger partial charge in [0.15, 0.2) is 0 Å².